The number of hydrogen-bond donors (Lipinski definition) is 2. The van der Waals surface area contributed by atoms with Gasteiger partial charge in [0.25, 0.3) is 0 Å². The van der Waals surface area contributed by atoms with Crippen LogP contribution >= 0.6 is 0 Å². The molecule has 4 aromatic rings. The smallest absolute Gasteiger partial charge is 0.174 e. The molecule has 0 fully saturated rings. The van der Waals surface area contributed by atoms with Crippen molar-refractivity contribution in [3.63, 3.8) is 0 Å². The zero-order valence-electron chi connectivity index (χ0n) is 14.4. The molecule has 7 nitrogen and oxygen atoms in total. The van der Waals surface area contributed by atoms with Crippen LogP contribution in [0.4, 0.5) is 5.82 Å². The third kappa shape index (κ3) is 2.96. The summed E-state index contributed by atoms with van der Waals surface area (Å²) in [5.74, 6) is 2.23. The van der Waals surface area contributed by atoms with Gasteiger partial charge in [0.1, 0.15) is 11.6 Å². The number of fused-ring (bicyclic) bond motifs is 1. The van der Waals surface area contributed by atoms with Gasteiger partial charge in [-0.05, 0) is 39.0 Å². The molecule has 2 N–H and O–H groups in total. The zero-order valence-corrected chi connectivity index (χ0v) is 14.4. The van der Waals surface area contributed by atoms with Gasteiger partial charge in [0, 0.05) is 5.69 Å². The Kier molecular flexibility index (Phi) is 3.68. The summed E-state index contributed by atoms with van der Waals surface area (Å²) in [6, 6.07) is 9.96. The summed E-state index contributed by atoms with van der Waals surface area (Å²) in [6.07, 6.45) is 3.41. The van der Waals surface area contributed by atoms with Gasteiger partial charge in [-0.3, -0.25) is 4.98 Å². The maximum Gasteiger partial charge on any atom is 0.174 e. The van der Waals surface area contributed by atoms with Crippen LogP contribution in [0.2, 0.25) is 0 Å². The lowest BCUT2D eigenvalue weighted by molar-refractivity contribution is 0.781. The Morgan fingerprint density at radius 2 is 1.96 bits per heavy atom. The fraction of sp³-hybridized carbons (Fsp3) is 0.222. The summed E-state index contributed by atoms with van der Waals surface area (Å²) in [7, 11) is 0. The highest BCUT2D eigenvalue weighted by atomic mass is 15.3. The molecule has 7 heteroatoms. The molecule has 0 aliphatic heterocycles. The van der Waals surface area contributed by atoms with Crippen molar-refractivity contribution in [1.29, 1.82) is 0 Å². The van der Waals surface area contributed by atoms with E-state index < -0.39 is 0 Å². The molecule has 25 heavy (non-hydrogen) atoms. The van der Waals surface area contributed by atoms with E-state index >= 15 is 0 Å². The van der Waals surface area contributed by atoms with E-state index in [1.807, 2.05) is 51.1 Å². The molecule has 4 rings (SSSR count). The van der Waals surface area contributed by atoms with Gasteiger partial charge in [0.15, 0.2) is 5.82 Å². The summed E-state index contributed by atoms with van der Waals surface area (Å²) >= 11 is 0. The largest absolute Gasteiger partial charge is 0.359 e. The first-order valence-corrected chi connectivity index (χ1v) is 8.17. The van der Waals surface area contributed by atoms with E-state index in [1.165, 1.54) is 0 Å². The summed E-state index contributed by atoms with van der Waals surface area (Å²) in [5.41, 5.74) is 3.95. The molecule has 3 aromatic heterocycles. The number of aryl methyl sites for hydroxylation is 2. The van der Waals surface area contributed by atoms with Gasteiger partial charge in [0.05, 0.1) is 35.2 Å². The lowest BCUT2D eigenvalue weighted by atomic mass is 10.3. The molecule has 1 atom stereocenters. The van der Waals surface area contributed by atoms with E-state index in [0.29, 0.717) is 11.6 Å². The number of nitrogens with zero attached hydrogens (tertiary/aromatic N) is 5. The normalized spacial score (nSPS) is 12.4. The van der Waals surface area contributed by atoms with E-state index in [0.717, 1.165) is 28.2 Å². The van der Waals surface area contributed by atoms with E-state index in [2.05, 4.69) is 30.4 Å². The summed E-state index contributed by atoms with van der Waals surface area (Å²) in [6.45, 7) is 6.00. The van der Waals surface area contributed by atoms with Crippen molar-refractivity contribution in [2.75, 3.05) is 5.32 Å². The third-order valence-corrected chi connectivity index (χ3v) is 4.03. The molecule has 1 unspecified atom stereocenters. The molecule has 0 aliphatic rings. The highest BCUT2D eigenvalue weighted by Gasteiger charge is 2.12. The van der Waals surface area contributed by atoms with Gasteiger partial charge in [0.2, 0.25) is 0 Å². The zero-order chi connectivity index (χ0) is 17.4. The summed E-state index contributed by atoms with van der Waals surface area (Å²) in [4.78, 5) is 16.9. The van der Waals surface area contributed by atoms with Crippen LogP contribution in [-0.2, 0) is 0 Å². The molecule has 0 aliphatic carbocycles. The second-order valence-electron chi connectivity index (χ2n) is 6.11. The van der Waals surface area contributed by atoms with Gasteiger partial charge in [-0.1, -0.05) is 12.1 Å². The van der Waals surface area contributed by atoms with Crippen LogP contribution in [0.3, 0.4) is 0 Å². The van der Waals surface area contributed by atoms with Gasteiger partial charge in [-0.15, -0.1) is 0 Å². The van der Waals surface area contributed by atoms with Crippen molar-refractivity contribution >= 4 is 16.9 Å². The molecule has 0 saturated carbocycles. The van der Waals surface area contributed by atoms with Gasteiger partial charge in [-0.2, -0.15) is 5.10 Å². The molecular formula is C18H19N7. The fourth-order valence-electron chi connectivity index (χ4n) is 2.86. The number of benzene rings is 1. The Morgan fingerprint density at radius 3 is 2.72 bits per heavy atom. The van der Waals surface area contributed by atoms with Crippen molar-refractivity contribution in [2.24, 2.45) is 0 Å². The number of nitrogens with one attached hydrogen (secondary N) is 2. The van der Waals surface area contributed by atoms with Crippen molar-refractivity contribution in [3.05, 3.63) is 59.9 Å². The highest BCUT2D eigenvalue weighted by Crippen LogP contribution is 2.19. The molecule has 1 aromatic carbocycles. The second kappa shape index (κ2) is 6.01. The minimum atomic E-state index is -0.0302. The van der Waals surface area contributed by atoms with Gasteiger partial charge in [-0.25, -0.2) is 14.6 Å². The van der Waals surface area contributed by atoms with Crippen LogP contribution in [0, 0.1) is 13.8 Å². The van der Waals surface area contributed by atoms with Gasteiger partial charge >= 0.3 is 0 Å². The molecule has 0 spiro atoms. The maximum absolute atomic E-state index is 4.62. The third-order valence-electron chi connectivity index (χ3n) is 4.03. The standard InChI is InChI=1S/C18H19N7/c1-11-8-12(2)25(24-11)17-10-19-9-16(23-17)20-13(3)18-21-14-6-4-5-7-15(14)22-18/h4-10,13H,1-3H3,(H,20,23)(H,21,22). The van der Waals surface area contributed by atoms with Crippen molar-refractivity contribution in [3.8, 4) is 5.82 Å². The number of hydrogen-bond acceptors (Lipinski definition) is 5. The van der Waals surface area contributed by atoms with Crippen LogP contribution < -0.4 is 5.32 Å². The quantitative estimate of drug-likeness (QED) is 0.598. The Hall–Kier alpha value is -3.22. The van der Waals surface area contributed by atoms with E-state index in [-0.39, 0.29) is 6.04 Å². The number of aromatic nitrogens is 6. The number of aromatic amines is 1. The molecule has 0 saturated heterocycles. The van der Waals surface area contributed by atoms with E-state index in [9.17, 15) is 0 Å². The highest BCUT2D eigenvalue weighted by molar-refractivity contribution is 5.74. The molecule has 0 amide bonds. The van der Waals surface area contributed by atoms with Crippen LogP contribution in [0.5, 0.6) is 0 Å². The predicted octanol–water partition coefficient (Wildman–Crippen LogP) is 3.33. The number of H-pyrrole nitrogens is 1. The Morgan fingerprint density at radius 1 is 1.12 bits per heavy atom. The minimum absolute atomic E-state index is 0.0302. The Balaban J connectivity index is 1.60. The molecule has 0 bridgehead atoms. The van der Waals surface area contributed by atoms with Gasteiger partial charge < -0.3 is 10.3 Å². The molecular weight excluding hydrogens is 314 g/mol. The SMILES string of the molecule is Cc1cc(C)n(-c2cncc(NC(C)c3nc4ccccc4[nH]3)n2)n1. The minimum Gasteiger partial charge on any atom is -0.359 e. The molecule has 3 heterocycles. The molecule has 0 radical (unpaired) electrons. The Labute approximate surface area is 145 Å². The monoisotopic (exact) mass is 333 g/mol. The average Bonchev–Trinajstić information content (AvgIpc) is 3.18. The fourth-order valence-corrected chi connectivity index (χ4v) is 2.86. The predicted molar refractivity (Wildman–Crippen MR) is 96.8 cm³/mol. The summed E-state index contributed by atoms with van der Waals surface area (Å²) in [5, 5.41) is 7.80. The van der Waals surface area contributed by atoms with Crippen LogP contribution in [0.15, 0.2) is 42.7 Å². The summed E-state index contributed by atoms with van der Waals surface area (Å²) < 4.78 is 1.79. The molecule has 126 valence electrons. The Bertz CT molecular complexity index is 998. The first-order chi connectivity index (χ1) is 12.1. The lowest BCUT2D eigenvalue weighted by Crippen LogP contribution is -2.11. The number of imidazole rings is 1. The van der Waals surface area contributed by atoms with E-state index in [4.69, 9.17) is 0 Å². The number of para-hydroxylation sites is 2. The average molecular weight is 333 g/mol. The first kappa shape index (κ1) is 15.3. The number of anilines is 1. The van der Waals surface area contributed by atoms with E-state index in [1.54, 1.807) is 17.1 Å². The van der Waals surface area contributed by atoms with Crippen molar-refractivity contribution in [1.82, 2.24) is 29.7 Å². The second-order valence-corrected chi connectivity index (χ2v) is 6.11. The lowest BCUT2D eigenvalue weighted by Gasteiger charge is -2.12. The van der Waals surface area contributed by atoms with Crippen LogP contribution in [0.25, 0.3) is 16.9 Å². The van der Waals surface area contributed by atoms with Crippen molar-refractivity contribution < 1.29 is 0 Å². The van der Waals surface area contributed by atoms with Crippen LogP contribution in [-0.4, -0.2) is 29.7 Å². The maximum atomic E-state index is 4.62. The van der Waals surface area contributed by atoms with Crippen LogP contribution in [0.1, 0.15) is 30.2 Å². The van der Waals surface area contributed by atoms with Crippen molar-refractivity contribution in [2.45, 2.75) is 26.8 Å². The number of rotatable bonds is 4. The first-order valence-electron chi connectivity index (χ1n) is 8.17. The topological polar surface area (TPSA) is 84.3 Å².